The van der Waals surface area contributed by atoms with Crippen molar-refractivity contribution in [3.8, 4) is 5.75 Å². The van der Waals surface area contributed by atoms with Crippen LogP contribution in [0, 0.1) is 0 Å². The van der Waals surface area contributed by atoms with Crippen molar-refractivity contribution < 1.29 is 14.3 Å². The van der Waals surface area contributed by atoms with E-state index in [1.54, 1.807) is 14.2 Å². The second-order valence-corrected chi connectivity index (χ2v) is 6.92. The number of hydrogen-bond acceptors (Lipinski definition) is 4. The van der Waals surface area contributed by atoms with Gasteiger partial charge < -0.3 is 25.4 Å². The van der Waals surface area contributed by atoms with Crippen LogP contribution in [-0.2, 0) is 16.1 Å². The van der Waals surface area contributed by atoms with Crippen LogP contribution in [0.3, 0.4) is 0 Å². The van der Waals surface area contributed by atoms with Crippen molar-refractivity contribution in [1.82, 2.24) is 16.0 Å². The maximum atomic E-state index is 11.9. The van der Waals surface area contributed by atoms with Gasteiger partial charge in [-0.15, -0.1) is 24.0 Å². The van der Waals surface area contributed by atoms with E-state index in [1.807, 2.05) is 45.0 Å². The maximum absolute atomic E-state index is 11.9. The molecule has 0 saturated heterocycles. The fourth-order valence-corrected chi connectivity index (χ4v) is 2.17. The fraction of sp³-hybridized carbons (Fsp3) is 0.579. The third-order valence-electron chi connectivity index (χ3n) is 3.27. The lowest BCUT2D eigenvalue weighted by Gasteiger charge is -2.21. The van der Waals surface area contributed by atoms with Crippen LogP contribution in [-0.4, -0.2) is 51.3 Å². The standard InChI is InChI=1S/C19H32N4O3.HI/c1-19(2,3)23-17(24)14-22-18(20-4)21-13-15-8-6-9-16(12-15)26-11-7-10-25-5;/h6,8-9,12H,7,10-11,13-14H2,1-5H3,(H,23,24)(H2,20,21,22);1H. The lowest BCUT2D eigenvalue weighted by molar-refractivity contribution is -0.121. The third-order valence-corrected chi connectivity index (χ3v) is 3.27. The molecule has 0 aromatic heterocycles. The largest absolute Gasteiger partial charge is 0.493 e. The zero-order valence-corrected chi connectivity index (χ0v) is 19.3. The van der Waals surface area contributed by atoms with Gasteiger partial charge in [-0.1, -0.05) is 12.1 Å². The Morgan fingerprint density at radius 3 is 2.56 bits per heavy atom. The second-order valence-electron chi connectivity index (χ2n) is 6.92. The van der Waals surface area contributed by atoms with Gasteiger partial charge in [-0.25, -0.2) is 0 Å². The number of nitrogens with zero attached hydrogens (tertiary/aromatic N) is 1. The molecule has 27 heavy (non-hydrogen) atoms. The van der Waals surface area contributed by atoms with E-state index in [4.69, 9.17) is 9.47 Å². The Morgan fingerprint density at radius 2 is 1.93 bits per heavy atom. The number of carbonyl (C=O) groups is 1. The first-order valence-corrected chi connectivity index (χ1v) is 8.80. The number of benzene rings is 1. The molecule has 154 valence electrons. The molecule has 0 radical (unpaired) electrons. The number of ether oxygens (including phenoxy) is 2. The van der Waals surface area contributed by atoms with Gasteiger partial charge >= 0.3 is 0 Å². The molecule has 0 aliphatic carbocycles. The molecule has 0 fully saturated rings. The third kappa shape index (κ3) is 12.5. The number of hydrogen-bond donors (Lipinski definition) is 3. The molecule has 1 amide bonds. The molecule has 8 heteroatoms. The first-order valence-electron chi connectivity index (χ1n) is 8.80. The van der Waals surface area contributed by atoms with Crippen LogP contribution in [0.15, 0.2) is 29.3 Å². The van der Waals surface area contributed by atoms with Crippen molar-refractivity contribution in [3.05, 3.63) is 29.8 Å². The van der Waals surface area contributed by atoms with Crippen LogP contribution >= 0.6 is 24.0 Å². The predicted molar refractivity (Wildman–Crippen MR) is 120 cm³/mol. The summed E-state index contributed by atoms with van der Waals surface area (Å²) in [5.41, 5.74) is 0.815. The van der Waals surface area contributed by atoms with E-state index in [-0.39, 0.29) is 42.0 Å². The zero-order chi connectivity index (χ0) is 19.4. The van der Waals surface area contributed by atoms with E-state index < -0.39 is 0 Å². The highest BCUT2D eigenvalue weighted by atomic mass is 127. The van der Waals surface area contributed by atoms with Crippen molar-refractivity contribution in [3.63, 3.8) is 0 Å². The van der Waals surface area contributed by atoms with Crippen LogP contribution in [0.4, 0.5) is 0 Å². The average Bonchev–Trinajstić information content (AvgIpc) is 2.58. The Balaban J connectivity index is 0.00000676. The van der Waals surface area contributed by atoms with Crippen molar-refractivity contribution in [2.45, 2.75) is 39.3 Å². The number of nitrogens with one attached hydrogen (secondary N) is 3. The number of carbonyl (C=O) groups excluding carboxylic acids is 1. The Morgan fingerprint density at radius 1 is 1.19 bits per heavy atom. The van der Waals surface area contributed by atoms with Gasteiger partial charge in [0.25, 0.3) is 0 Å². The lowest BCUT2D eigenvalue weighted by Crippen LogP contribution is -2.48. The van der Waals surface area contributed by atoms with Crippen molar-refractivity contribution >= 4 is 35.8 Å². The molecule has 1 rings (SSSR count). The van der Waals surface area contributed by atoms with Crippen LogP contribution in [0.25, 0.3) is 0 Å². The molecule has 0 spiro atoms. The highest BCUT2D eigenvalue weighted by Crippen LogP contribution is 2.13. The number of methoxy groups -OCH3 is 1. The summed E-state index contributed by atoms with van der Waals surface area (Å²) in [6.07, 6.45) is 0.853. The van der Waals surface area contributed by atoms with Crippen LogP contribution in [0.1, 0.15) is 32.8 Å². The summed E-state index contributed by atoms with van der Waals surface area (Å²) in [6, 6.07) is 7.88. The highest BCUT2D eigenvalue weighted by Gasteiger charge is 2.13. The highest BCUT2D eigenvalue weighted by molar-refractivity contribution is 14.0. The summed E-state index contributed by atoms with van der Waals surface area (Å²) in [5.74, 6) is 1.32. The predicted octanol–water partition coefficient (Wildman–Crippen LogP) is 2.30. The molecule has 0 saturated carbocycles. The normalized spacial score (nSPS) is 11.4. The topological polar surface area (TPSA) is 84.0 Å². The average molecular weight is 492 g/mol. The molecule has 7 nitrogen and oxygen atoms in total. The van der Waals surface area contributed by atoms with E-state index in [0.717, 1.165) is 17.7 Å². The molecule has 1 aromatic rings. The van der Waals surface area contributed by atoms with Crippen molar-refractivity contribution in [2.75, 3.05) is 33.9 Å². The summed E-state index contributed by atoms with van der Waals surface area (Å²) >= 11 is 0. The van der Waals surface area contributed by atoms with E-state index in [0.29, 0.717) is 25.7 Å². The first-order chi connectivity index (χ1) is 12.3. The Bertz CT molecular complexity index is 589. The molecule has 1 aromatic carbocycles. The zero-order valence-electron chi connectivity index (χ0n) is 16.9. The van der Waals surface area contributed by atoms with Gasteiger partial charge in [-0.05, 0) is 38.5 Å². The summed E-state index contributed by atoms with van der Waals surface area (Å²) in [6.45, 7) is 7.89. The lowest BCUT2D eigenvalue weighted by atomic mass is 10.1. The summed E-state index contributed by atoms with van der Waals surface area (Å²) in [5, 5.41) is 9.10. The minimum Gasteiger partial charge on any atom is -0.493 e. The molecule has 0 aliphatic rings. The Labute approximate surface area is 179 Å². The summed E-state index contributed by atoms with van der Waals surface area (Å²) in [7, 11) is 3.35. The Hall–Kier alpha value is -1.55. The molecule has 0 unspecified atom stereocenters. The minimum atomic E-state index is -0.251. The SMILES string of the molecule is CN=C(NCC(=O)NC(C)(C)C)NCc1cccc(OCCCOC)c1.I. The molecular formula is C19H33IN4O3. The summed E-state index contributed by atoms with van der Waals surface area (Å²) < 4.78 is 10.7. The van der Waals surface area contributed by atoms with Crippen molar-refractivity contribution in [2.24, 2.45) is 4.99 Å². The molecule has 0 heterocycles. The fourth-order valence-electron chi connectivity index (χ4n) is 2.17. The van der Waals surface area contributed by atoms with E-state index >= 15 is 0 Å². The maximum Gasteiger partial charge on any atom is 0.239 e. The van der Waals surface area contributed by atoms with E-state index in [2.05, 4.69) is 20.9 Å². The monoisotopic (exact) mass is 492 g/mol. The molecule has 0 atom stereocenters. The summed E-state index contributed by atoms with van der Waals surface area (Å²) in [4.78, 5) is 16.0. The van der Waals surface area contributed by atoms with E-state index in [1.165, 1.54) is 0 Å². The number of halogens is 1. The van der Waals surface area contributed by atoms with Gasteiger partial charge in [-0.2, -0.15) is 0 Å². The smallest absolute Gasteiger partial charge is 0.239 e. The van der Waals surface area contributed by atoms with Crippen LogP contribution in [0.2, 0.25) is 0 Å². The molecule has 0 bridgehead atoms. The Kier molecular flexibility index (Phi) is 12.8. The first kappa shape index (κ1) is 25.4. The van der Waals surface area contributed by atoms with Crippen LogP contribution < -0.4 is 20.7 Å². The molecule has 3 N–H and O–H groups in total. The minimum absolute atomic E-state index is 0. The van der Waals surface area contributed by atoms with Gasteiger partial charge in [0, 0.05) is 39.3 Å². The second kappa shape index (κ2) is 13.6. The quantitative estimate of drug-likeness (QED) is 0.213. The number of amides is 1. The molecular weight excluding hydrogens is 459 g/mol. The van der Waals surface area contributed by atoms with Gasteiger partial charge in [0.1, 0.15) is 5.75 Å². The number of aliphatic imine (C=N–C) groups is 1. The van der Waals surface area contributed by atoms with Gasteiger partial charge in [-0.3, -0.25) is 9.79 Å². The number of guanidine groups is 1. The van der Waals surface area contributed by atoms with Crippen LogP contribution in [0.5, 0.6) is 5.75 Å². The molecule has 0 aliphatic heterocycles. The van der Waals surface area contributed by atoms with Gasteiger partial charge in [0.15, 0.2) is 5.96 Å². The van der Waals surface area contributed by atoms with E-state index in [9.17, 15) is 4.79 Å². The van der Waals surface area contributed by atoms with Gasteiger partial charge in [0.05, 0.1) is 13.2 Å². The van der Waals surface area contributed by atoms with Crippen molar-refractivity contribution in [1.29, 1.82) is 0 Å². The number of rotatable bonds is 9. The van der Waals surface area contributed by atoms with Gasteiger partial charge in [0.2, 0.25) is 5.91 Å².